The number of nitrogens with zero attached hydrogens (tertiary/aromatic N) is 3. The van der Waals surface area contributed by atoms with Gasteiger partial charge in [0.25, 0.3) is 0 Å². The summed E-state index contributed by atoms with van der Waals surface area (Å²) < 4.78 is 11.1. The summed E-state index contributed by atoms with van der Waals surface area (Å²) in [5.74, 6) is 2.14. The molecule has 100 valence electrons. The van der Waals surface area contributed by atoms with Gasteiger partial charge in [-0.2, -0.15) is 4.98 Å². The Morgan fingerprint density at radius 3 is 2.89 bits per heavy atom. The van der Waals surface area contributed by atoms with E-state index in [0.717, 1.165) is 36.9 Å². The predicted octanol–water partition coefficient (Wildman–Crippen LogP) is 2.48. The van der Waals surface area contributed by atoms with E-state index in [0.29, 0.717) is 11.8 Å². The molecule has 3 heterocycles. The minimum absolute atomic E-state index is 0.581. The van der Waals surface area contributed by atoms with Gasteiger partial charge in [0.15, 0.2) is 0 Å². The van der Waals surface area contributed by atoms with Gasteiger partial charge < -0.3 is 14.4 Å². The number of hydrogen-bond donors (Lipinski definition) is 0. The van der Waals surface area contributed by atoms with Crippen molar-refractivity contribution in [2.45, 2.75) is 6.92 Å². The standard InChI is InChI=1S/C13H15N3O2S/c1-10-11(3-9-19-10)18-12-2-4-14-13(15-12)16-5-7-17-8-6-16/h2-4,9H,5-8H2,1H3. The van der Waals surface area contributed by atoms with Crippen molar-refractivity contribution in [3.05, 3.63) is 28.6 Å². The summed E-state index contributed by atoms with van der Waals surface area (Å²) in [6, 6.07) is 3.73. The molecule has 0 saturated carbocycles. The number of hydrogen-bond acceptors (Lipinski definition) is 6. The number of morpholine rings is 1. The Hall–Kier alpha value is -1.66. The molecule has 0 unspecified atom stereocenters. The highest BCUT2D eigenvalue weighted by atomic mass is 32.1. The van der Waals surface area contributed by atoms with E-state index in [9.17, 15) is 0 Å². The molecule has 3 rings (SSSR count). The maximum Gasteiger partial charge on any atom is 0.228 e. The lowest BCUT2D eigenvalue weighted by Crippen LogP contribution is -2.37. The number of aryl methyl sites for hydroxylation is 1. The summed E-state index contributed by atoms with van der Waals surface area (Å²) in [5, 5.41) is 2.01. The molecule has 1 aliphatic heterocycles. The van der Waals surface area contributed by atoms with E-state index >= 15 is 0 Å². The predicted molar refractivity (Wildman–Crippen MR) is 74.2 cm³/mol. The first-order valence-electron chi connectivity index (χ1n) is 6.20. The molecule has 0 spiro atoms. The first kappa shape index (κ1) is 12.4. The quantitative estimate of drug-likeness (QED) is 0.862. The zero-order chi connectivity index (χ0) is 13.1. The van der Waals surface area contributed by atoms with Crippen LogP contribution in [0.4, 0.5) is 5.95 Å². The molecule has 19 heavy (non-hydrogen) atoms. The van der Waals surface area contributed by atoms with Crippen LogP contribution in [-0.2, 0) is 4.74 Å². The van der Waals surface area contributed by atoms with E-state index in [2.05, 4.69) is 14.9 Å². The molecule has 2 aromatic rings. The molecule has 0 amide bonds. The van der Waals surface area contributed by atoms with E-state index < -0.39 is 0 Å². The second-order valence-corrected chi connectivity index (χ2v) is 5.36. The van der Waals surface area contributed by atoms with Crippen molar-refractivity contribution in [1.82, 2.24) is 9.97 Å². The van der Waals surface area contributed by atoms with Gasteiger partial charge >= 0.3 is 0 Å². The average molecular weight is 277 g/mol. The van der Waals surface area contributed by atoms with Crippen LogP contribution in [0.2, 0.25) is 0 Å². The number of thiophene rings is 1. The van der Waals surface area contributed by atoms with E-state index in [1.165, 1.54) is 0 Å². The Kier molecular flexibility index (Phi) is 3.61. The second kappa shape index (κ2) is 5.54. The normalized spacial score (nSPS) is 15.5. The zero-order valence-corrected chi connectivity index (χ0v) is 11.5. The largest absolute Gasteiger partial charge is 0.438 e. The summed E-state index contributed by atoms with van der Waals surface area (Å²) in [7, 11) is 0. The molecule has 2 aromatic heterocycles. The lowest BCUT2D eigenvalue weighted by molar-refractivity contribution is 0.122. The van der Waals surface area contributed by atoms with Gasteiger partial charge in [-0.05, 0) is 18.4 Å². The maximum absolute atomic E-state index is 5.78. The van der Waals surface area contributed by atoms with E-state index in [1.807, 2.05) is 18.4 Å². The summed E-state index contributed by atoms with van der Waals surface area (Å²) in [6.45, 7) is 5.11. The third-order valence-corrected chi connectivity index (χ3v) is 3.76. The van der Waals surface area contributed by atoms with Gasteiger partial charge in [-0.25, -0.2) is 4.98 Å². The van der Waals surface area contributed by atoms with Crippen LogP contribution in [0.1, 0.15) is 4.88 Å². The number of rotatable bonds is 3. The summed E-state index contributed by atoms with van der Waals surface area (Å²) in [4.78, 5) is 12.0. The highest BCUT2D eigenvalue weighted by molar-refractivity contribution is 7.10. The first-order chi connectivity index (χ1) is 9.33. The smallest absolute Gasteiger partial charge is 0.228 e. The van der Waals surface area contributed by atoms with Gasteiger partial charge in [0.05, 0.1) is 13.2 Å². The highest BCUT2D eigenvalue weighted by Crippen LogP contribution is 2.28. The third-order valence-electron chi connectivity index (χ3n) is 2.94. The first-order valence-corrected chi connectivity index (χ1v) is 7.08. The van der Waals surface area contributed by atoms with E-state index in [1.54, 1.807) is 23.6 Å². The van der Waals surface area contributed by atoms with Crippen molar-refractivity contribution in [3.8, 4) is 11.6 Å². The molecule has 5 nitrogen and oxygen atoms in total. The molecule has 0 radical (unpaired) electrons. The zero-order valence-electron chi connectivity index (χ0n) is 10.7. The van der Waals surface area contributed by atoms with E-state index in [-0.39, 0.29) is 0 Å². The second-order valence-electron chi connectivity index (χ2n) is 4.24. The summed E-state index contributed by atoms with van der Waals surface area (Å²) >= 11 is 1.66. The van der Waals surface area contributed by atoms with Crippen LogP contribution in [0.15, 0.2) is 23.7 Å². The van der Waals surface area contributed by atoms with Crippen molar-refractivity contribution in [2.75, 3.05) is 31.2 Å². The Balaban J connectivity index is 1.77. The van der Waals surface area contributed by atoms with Crippen LogP contribution < -0.4 is 9.64 Å². The van der Waals surface area contributed by atoms with Gasteiger partial charge in [0.1, 0.15) is 5.75 Å². The van der Waals surface area contributed by atoms with Crippen LogP contribution in [0.25, 0.3) is 0 Å². The highest BCUT2D eigenvalue weighted by Gasteiger charge is 2.14. The molecule has 6 heteroatoms. The molecule has 1 fully saturated rings. The molecule has 0 aromatic carbocycles. The lowest BCUT2D eigenvalue weighted by Gasteiger charge is -2.26. The molecule has 0 atom stereocenters. The Morgan fingerprint density at radius 1 is 1.32 bits per heavy atom. The van der Waals surface area contributed by atoms with Crippen LogP contribution in [-0.4, -0.2) is 36.3 Å². The number of aromatic nitrogens is 2. The van der Waals surface area contributed by atoms with Crippen LogP contribution in [0.5, 0.6) is 11.6 Å². The third kappa shape index (κ3) is 2.85. The van der Waals surface area contributed by atoms with Crippen LogP contribution in [0.3, 0.4) is 0 Å². The molecule has 0 N–H and O–H groups in total. The Bertz CT molecular complexity index is 552. The summed E-state index contributed by atoms with van der Waals surface area (Å²) in [5.41, 5.74) is 0. The van der Waals surface area contributed by atoms with Gasteiger partial charge in [-0.1, -0.05) is 0 Å². The van der Waals surface area contributed by atoms with Gasteiger partial charge in [-0.15, -0.1) is 11.3 Å². The van der Waals surface area contributed by atoms with Crippen molar-refractivity contribution in [1.29, 1.82) is 0 Å². The average Bonchev–Trinajstić information content (AvgIpc) is 2.86. The fraction of sp³-hybridized carbons (Fsp3) is 0.385. The fourth-order valence-electron chi connectivity index (χ4n) is 1.90. The molecule has 0 aliphatic carbocycles. The Labute approximate surface area is 115 Å². The summed E-state index contributed by atoms with van der Waals surface area (Å²) in [6.07, 6.45) is 1.73. The molecule has 1 aliphatic rings. The minimum Gasteiger partial charge on any atom is -0.438 e. The number of ether oxygens (including phenoxy) is 2. The SMILES string of the molecule is Cc1sccc1Oc1ccnc(N2CCOCC2)n1. The molecule has 1 saturated heterocycles. The van der Waals surface area contributed by atoms with Crippen molar-refractivity contribution in [2.24, 2.45) is 0 Å². The van der Waals surface area contributed by atoms with Gasteiger partial charge in [0.2, 0.25) is 11.8 Å². The Morgan fingerprint density at radius 2 is 2.16 bits per heavy atom. The van der Waals surface area contributed by atoms with Crippen LogP contribution in [0, 0.1) is 6.92 Å². The van der Waals surface area contributed by atoms with Crippen LogP contribution >= 0.6 is 11.3 Å². The monoisotopic (exact) mass is 277 g/mol. The van der Waals surface area contributed by atoms with Crippen molar-refractivity contribution in [3.63, 3.8) is 0 Å². The maximum atomic E-state index is 5.78. The fourth-order valence-corrected chi connectivity index (χ4v) is 2.52. The molecular weight excluding hydrogens is 262 g/mol. The van der Waals surface area contributed by atoms with Crippen molar-refractivity contribution >= 4 is 17.3 Å². The minimum atomic E-state index is 0.581. The van der Waals surface area contributed by atoms with E-state index in [4.69, 9.17) is 9.47 Å². The topological polar surface area (TPSA) is 47.5 Å². The van der Waals surface area contributed by atoms with Crippen molar-refractivity contribution < 1.29 is 9.47 Å². The van der Waals surface area contributed by atoms with Gasteiger partial charge in [0, 0.05) is 30.2 Å². The molecular formula is C13H15N3O2S. The number of anilines is 1. The molecule has 0 bridgehead atoms. The van der Waals surface area contributed by atoms with Gasteiger partial charge in [-0.3, -0.25) is 0 Å². The lowest BCUT2D eigenvalue weighted by atomic mass is 10.4.